The van der Waals surface area contributed by atoms with Crippen LogP contribution in [0.3, 0.4) is 0 Å². The second-order valence-corrected chi connectivity index (χ2v) is 6.69. The van der Waals surface area contributed by atoms with Crippen LogP contribution in [0.1, 0.15) is 53.4 Å². The number of nitrogens with two attached hydrogens (primary N) is 1. The quantitative estimate of drug-likeness (QED) is 0.871. The molecule has 0 aliphatic rings. The first-order valence-electron chi connectivity index (χ1n) is 7.46. The molecule has 0 radical (unpaired) electrons. The Morgan fingerprint density at radius 2 is 2.10 bits per heavy atom. The molecule has 0 spiro atoms. The van der Waals surface area contributed by atoms with Crippen molar-refractivity contribution in [1.82, 2.24) is 4.98 Å². The van der Waals surface area contributed by atoms with E-state index >= 15 is 0 Å². The summed E-state index contributed by atoms with van der Waals surface area (Å²) in [4.78, 5) is 5.80. The smallest absolute Gasteiger partial charge is 0.140 e. The molecule has 0 atom stereocenters. The van der Waals surface area contributed by atoms with E-state index in [1.807, 2.05) is 0 Å². The van der Waals surface area contributed by atoms with Crippen molar-refractivity contribution in [3.05, 3.63) is 44.9 Å². The number of hydrogen-bond donors (Lipinski definition) is 1. The molecule has 0 aliphatic heterocycles. The lowest BCUT2D eigenvalue weighted by molar-refractivity contribution is 0.300. The van der Waals surface area contributed by atoms with E-state index in [1.54, 1.807) is 11.3 Å². The molecule has 2 aromatic rings. The molecule has 0 aliphatic carbocycles. The summed E-state index contributed by atoms with van der Waals surface area (Å²) in [6.07, 6.45) is 0.921. The van der Waals surface area contributed by atoms with Crippen LogP contribution < -0.4 is 10.5 Å². The number of hydrogen-bond acceptors (Lipinski definition) is 4. The topological polar surface area (TPSA) is 48.1 Å². The molecule has 1 heterocycles. The molecular formula is C17H24N2OS. The Morgan fingerprint density at radius 3 is 2.67 bits per heavy atom. The van der Waals surface area contributed by atoms with Crippen molar-refractivity contribution in [2.45, 2.75) is 53.2 Å². The van der Waals surface area contributed by atoms with Gasteiger partial charge in [-0.1, -0.05) is 32.9 Å². The molecule has 0 unspecified atom stereocenters. The minimum Gasteiger partial charge on any atom is -0.486 e. The summed E-state index contributed by atoms with van der Waals surface area (Å²) in [7, 11) is 0. The molecule has 21 heavy (non-hydrogen) atoms. The number of thiazole rings is 1. The van der Waals surface area contributed by atoms with Gasteiger partial charge in [0, 0.05) is 11.4 Å². The number of aromatic nitrogens is 1. The monoisotopic (exact) mass is 304 g/mol. The van der Waals surface area contributed by atoms with Crippen LogP contribution in [0.25, 0.3) is 0 Å². The van der Waals surface area contributed by atoms with Gasteiger partial charge in [0.15, 0.2) is 0 Å². The van der Waals surface area contributed by atoms with Crippen LogP contribution in [0.5, 0.6) is 5.75 Å². The Balaban J connectivity index is 2.16. The normalized spacial score (nSPS) is 11.1. The number of ether oxygens (including phenoxy) is 1. The Kier molecular flexibility index (Phi) is 5.37. The van der Waals surface area contributed by atoms with Gasteiger partial charge in [0.25, 0.3) is 0 Å². The molecule has 3 nitrogen and oxygen atoms in total. The van der Waals surface area contributed by atoms with Crippen molar-refractivity contribution in [1.29, 1.82) is 0 Å². The number of nitrogens with zero attached hydrogens (tertiary/aromatic N) is 1. The summed E-state index contributed by atoms with van der Waals surface area (Å²) >= 11 is 1.66. The van der Waals surface area contributed by atoms with Gasteiger partial charge in [-0.25, -0.2) is 4.98 Å². The predicted molar refractivity (Wildman–Crippen MR) is 89.0 cm³/mol. The molecule has 114 valence electrons. The lowest BCUT2D eigenvalue weighted by Crippen LogP contribution is -2.00. The van der Waals surface area contributed by atoms with Crippen LogP contribution in [-0.4, -0.2) is 4.98 Å². The number of rotatable bonds is 6. The van der Waals surface area contributed by atoms with Gasteiger partial charge >= 0.3 is 0 Å². The van der Waals surface area contributed by atoms with Crippen molar-refractivity contribution in [3.63, 3.8) is 0 Å². The fraction of sp³-hybridized carbons (Fsp3) is 0.471. The fourth-order valence-corrected chi connectivity index (χ4v) is 3.27. The largest absolute Gasteiger partial charge is 0.486 e. The van der Waals surface area contributed by atoms with Crippen LogP contribution in [-0.2, 0) is 19.6 Å². The van der Waals surface area contributed by atoms with Gasteiger partial charge in [0.05, 0.1) is 5.69 Å². The maximum Gasteiger partial charge on any atom is 0.140 e. The second kappa shape index (κ2) is 7.05. The van der Waals surface area contributed by atoms with Gasteiger partial charge in [-0.3, -0.25) is 0 Å². The standard InChI is InChI=1S/C17H24N2OS/c1-5-14-16(9-18)21-17(19-14)10-20-15-8-12(4)6-7-13(15)11(2)3/h6-8,11H,5,9-10,18H2,1-4H3. The molecule has 2 rings (SSSR count). The van der Waals surface area contributed by atoms with Crippen molar-refractivity contribution in [3.8, 4) is 5.75 Å². The van der Waals surface area contributed by atoms with Crippen molar-refractivity contribution in [2.24, 2.45) is 5.73 Å². The summed E-state index contributed by atoms with van der Waals surface area (Å²) in [5, 5.41) is 1.00. The molecule has 0 saturated carbocycles. The lowest BCUT2D eigenvalue weighted by Gasteiger charge is -2.14. The van der Waals surface area contributed by atoms with Gasteiger partial charge in [0.2, 0.25) is 0 Å². The van der Waals surface area contributed by atoms with E-state index in [0.717, 1.165) is 22.9 Å². The molecule has 4 heteroatoms. The molecule has 2 N–H and O–H groups in total. The lowest BCUT2D eigenvalue weighted by atomic mass is 10.0. The predicted octanol–water partition coefficient (Wildman–Crippen LogP) is 4.18. The first-order chi connectivity index (χ1) is 10.0. The average molecular weight is 304 g/mol. The summed E-state index contributed by atoms with van der Waals surface area (Å²) in [6.45, 7) is 9.63. The van der Waals surface area contributed by atoms with Crippen LogP contribution in [0.15, 0.2) is 18.2 Å². The molecule has 0 fully saturated rings. The van der Waals surface area contributed by atoms with E-state index in [9.17, 15) is 0 Å². The fourth-order valence-electron chi connectivity index (χ4n) is 2.32. The van der Waals surface area contributed by atoms with E-state index in [1.165, 1.54) is 16.0 Å². The number of benzene rings is 1. The van der Waals surface area contributed by atoms with E-state index in [4.69, 9.17) is 10.5 Å². The first kappa shape index (κ1) is 16.0. The van der Waals surface area contributed by atoms with Gasteiger partial charge in [-0.2, -0.15) is 0 Å². The highest BCUT2D eigenvalue weighted by Gasteiger charge is 2.11. The highest BCUT2D eigenvalue weighted by atomic mass is 32.1. The first-order valence-corrected chi connectivity index (χ1v) is 8.27. The van der Waals surface area contributed by atoms with E-state index in [2.05, 4.69) is 50.9 Å². The minimum atomic E-state index is 0.447. The van der Waals surface area contributed by atoms with Gasteiger partial charge in [-0.15, -0.1) is 11.3 Å². The highest BCUT2D eigenvalue weighted by Crippen LogP contribution is 2.29. The molecular weight excluding hydrogens is 280 g/mol. The van der Waals surface area contributed by atoms with Crippen LogP contribution in [0, 0.1) is 6.92 Å². The van der Waals surface area contributed by atoms with Crippen molar-refractivity contribution >= 4 is 11.3 Å². The van der Waals surface area contributed by atoms with Gasteiger partial charge < -0.3 is 10.5 Å². The maximum atomic E-state index is 6.03. The molecule has 0 saturated heterocycles. The van der Waals surface area contributed by atoms with Gasteiger partial charge in [-0.05, 0) is 36.5 Å². The number of aryl methyl sites for hydroxylation is 2. The highest BCUT2D eigenvalue weighted by molar-refractivity contribution is 7.11. The third-order valence-corrected chi connectivity index (χ3v) is 4.58. The van der Waals surface area contributed by atoms with Crippen LogP contribution in [0.2, 0.25) is 0 Å². The summed E-state index contributed by atoms with van der Waals surface area (Å²) in [5.74, 6) is 1.41. The van der Waals surface area contributed by atoms with E-state index in [0.29, 0.717) is 19.1 Å². The van der Waals surface area contributed by atoms with Crippen LogP contribution in [0.4, 0.5) is 0 Å². The summed E-state index contributed by atoms with van der Waals surface area (Å²) in [6, 6.07) is 6.39. The molecule has 0 bridgehead atoms. The Labute approximate surface area is 131 Å². The van der Waals surface area contributed by atoms with E-state index in [-0.39, 0.29) is 0 Å². The van der Waals surface area contributed by atoms with Crippen LogP contribution >= 0.6 is 11.3 Å². The average Bonchev–Trinajstić information content (AvgIpc) is 2.87. The Morgan fingerprint density at radius 1 is 1.33 bits per heavy atom. The molecule has 1 aromatic heterocycles. The van der Waals surface area contributed by atoms with Crippen molar-refractivity contribution < 1.29 is 4.74 Å². The SMILES string of the molecule is CCc1nc(COc2cc(C)ccc2C(C)C)sc1CN. The minimum absolute atomic E-state index is 0.447. The zero-order chi connectivity index (χ0) is 15.4. The zero-order valence-corrected chi connectivity index (χ0v) is 14.1. The summed E-state index contributed by atoms with van der Waals surface area (Å²) < 4.78 is 6.03. The van der Waals surface area contributed by atoms with Gasteiger partial charge in [0.1, 0.15) is 17.4 Å². The van der Waals surface area contributed by atoms with E-state index < -0.39 is 0 Å². The second-order valence-electron chi connectivity index (χ2n) is 5.52. The molecule has 0 amide bonds. The van der Waals surface area contributed by atoms with Crippen molar-refractivity contribution in [2.75, 3.05) is 0 Å². The Hall–Kier alpha value is -1.39. The summed E-state index contributed by atoms with van der Waals surface area (Å²) in [5.41, 5.74) is 9.32. The maximum absolute atomic E-state index is 6.03. The third kappa shape index (κ3) is 3.83. The third-order valence-electron chi connectivity index (χ3n) is 3.49. The molecule has 1 aromatic carbocycles. The zero-order valence-electron chi connectivity index (χ0n) is 13.3. The Bertz CT molecular complexity index is 583.